The van der Waals surface area contributed by atoms with Crippen LogP contribution in [-0.2, 0) is 19.0 Å². The fraction of sp³-hybridized carbons (Fsp3) is 0.667. The Bertz CT molecular complexity index is 459. The quantitative estimate of drug-likeness (QED) is 0.730. The fourth-order valence-electron chi connectivity index (χ4n) is 2.84. The van der Waals surface area contributed by atoms with E-state index in [1.165, 1.54) is 11.2 Å². The maximum absolute atomic E-state index is 11.6. The van der Waals surface area contributed by atoms with Crippen molar-refractivity contribution in [2.24, 2.45) is 11.8 Å². The lowest BCUT2D eigenvalue weighted by molar-refractivity contribution is -0.145. The minimum atomic E-state index is -0.992. The second kappa shape index (κ2) is 4.12. The molecule has 0 spiro atoms. The first kappa shape index (κ1) is 12.3. The van der Waals surface area contributed by atoms with Crippen molar-refractivity contribution in [2.75, 3.05) is 14.1 Å². The maximum atomic E-state index is 11.6. The molecule has 3 aliphatic rings. The Morgan fingerprint density at radius 2 is 2.21 bits per heavy atom. The minimum Gasteiger partial charge on any atom is -0.478 e. The van der Waals surface area contributed by atoms with Crippen molar-refractivity contribution in [1.82, 2.24) is 4.90 Å². The van der Waals surface area contributed by atoms with Crippen LogP contribution in [0, 0.1) is 11.8 Å². The number of aliphatic carboxylic acids is 1. The van der Waals surface area contributed by atoms with Gasteiger partial charge in [-0.3, -0.25) is 0 Å². The van der Waals surface area contributed by atoms with Gasteiger partial charge in [-0.2, -0.15) is 0 Å². The van der Waals surface area contributed by atoms with Gasteiger partial charge in [0.05, 0.1) is 30.0 Å². The maximum Gasteiger partial charge on any atom is 0.412 e. The number of carbonyl (C=O) groups excluding carboxylic acids is 1. The van der Waals surface area contributed by atoms with Crippen LogP contribution >= 0.6 is 0 Å². The summed E-state index contributed by atoms with van der Waals surface area (Å²) in [7, 11) is 3.15. The molecular formula is C12H15NO6. The number of carboxylic acids is 1. The summed E-state index contributed by atoms with van der Waals surface area (Å²) in [4.78, 5) is 24.0. The van der Waals surface area contributed by atoms with Crippen LogP contribution in [0.1, 0.15) is 6.42 Å². The van der Waals surface area contributed by atoms with Crippen molar-refractivity contribution in [2.45, 2.75) is 24.9 Å². The zero-order valence-electron chi connectivity index (χ0n) is 10.6. The average Bonchev–Trinajstić information content (AvgIpc) is 3.00. The summed E-state index contributed by atoms with van der Waals surface area (Å²) >= 11 is 0. The van der Waals surface area contributed by atoms with Crippen LogP contribution in [-0.4, -0.2) is 54.7 Å². The van der Waals surface area contributed by atoms with Crippen LogP contribution in [0.15, 0.2) is 11.8 Å². The third-order valence-corrected chi connectivity index (χ3v) is 3.82. The molecule has 0 bridgehead atoms. The van der Waals surface area contributed by atoms with Crippen LogP contribution in [0.25, 0.3) is 0 Å². The summed E-state index contributed by atoms with van der Waals surface area (Å²) in [6.45, 7) is 0. The number of hydrogen-bond donors (Lipinski definition) is 1. The van der Waals surface area contributed by atoms with Gasteiger partial charge in [0.25, 0.3) is 6.29 Å². The molecule has 2 fully saturated rings. The fourth-order valence-corrected chi connectivity index (χ4v) is 2.84. The summed E-state index contributed by atoms with van der Waals surface area (Å²) < 4.78 is 15.9. The highest BCUT2D eigenvalue weighted by Crippen LogP contribution is 2.53. The first-order chi connectivity index (χ1) is 8.99. The van der Waals surface area contributed by atoms with Crippen LogP contribution in [0.4, 0.5) is 4.79 Å². The molecule has 104 valence electrons. The molecule has 1 aliphatic carbocycles. The van der Waals surface area contributed by atoms with Gasteiger partial charge >= 0.3 is 12.1 Å². The molecule has 5 atom stereocenters. The Labute approximate surface area is 109 Å². The van der Waals surface area contributed by atoms with Gasteiger partial charge in [-0.15, -0.1) is 0 Å². The van der Waals surface area contributed by atoms with E-state index in [9.17, 15) is 9.59 Å². The molecule has 0 aromatic rings. The lowest BCUT2D eigenvalue weighted by Gasteiger charge is -2.33. The predicted molar refractivity (Wildman–Crippen MR) is 61.0 cm³/mol. The smallest absolute Gasteiger partial charge is 0.412 e. The summed E-state index contributed by atoms with van der Waals surface area (Å²) in [6, 6.07) is 0. The number of fused-ring (bicyclic) bond motifs is 3. The number of amides is 1. The van der Waals surface area contributed by atoms with Gasteiger partial charge in [0.1, 0.15) is 0 Å². The van der Waals surface area contributed by atoms with Gasteiger partial charge in [0.15, 0.2) is 0 Å². The normalized spacial score (nSPS) is 38.4. The van der Waals surface area contributed by atoms with Crippen molar-refractivity contribution >= 4 is 12.1 Å². The van der Waals surface area contributed by atoms with E-state index in [0.29, 0.717) is 6.42 Å². The Kier molecular flexibility index (Phi) is 2.67. The van der Waals surface area contributed by atoms with E-state index in [4.69, 9.17) is 19.3 Å². The van der Waals surface area contributed by atoms with Crippen molar-refractivity contribution in [3.63, 3.8) is 0 Å². The summed E-state index contributed by atoms with van der Waals surface area (Å²) in [5.41, 5.74) is 0.234. The lowest BCUT2D eigenvalue weighted by Crippen LogP contribution is -2.41. The summed E-state index contributed by atoms with van der Waals surface area (Å²) in [5.74, 6) is -1.39. The molecule has 2 heterocycles. The van der Waals surface area contributed by atoms with E-state index in [1.54, 1.807) is 14.1 Å². The van der Waals surface area contributed by atoms with E-state index in [-0.39, 0.29) is 29.6 Å². The van der Waals surface area contributed by atoms with Gasteiger partial charge in [0, 0.05) is 20.0 Å². The number of epoxide rings is 1. The SMILES string of the molecule is CN(C)C(=O)O[C@@H]1OC=C(C(=O)O)[C@H]2C[C@@H]3O[C@@H]3[C@H]12. The average molecular weight is 269 g/mol. The Morgan fingerprint density at radius 1 is 1.47 bits per heavy atom. The molecule has 7 heteroatoms. The first-order valence-corrected chi connectivity index (χ1v) is 6.11. The number of rotatable bonds is 2. The molecule has 19 heavy (non-hydrogen) atoms. The van der Waals surface area contributed by atoms with Gasteiger partial charge < -0.3 is 24.2 Å². The molecule has 1 amide bonds. The standard InChI is InChI=1S/C12H15NO6/c1-13(2)12(16)19-11-8-5(3-7-9(8)18-7)6(4-17-11)10(14)15/h4-5,7-9,11H,3H2,1-2H3,(H,14,15)/t5-,7+,8-,9+,11+/m1/s1. The van der Waals surface area contributed by atoms with E-state index >= 15 is 0 Å². The number of carbonyl (C=O) groups is 2. The molecule has 0 aromatic heterocycles. The van der Waals surface area contributed by atoms with Crippen molar-refractivity contribution in [3.05, 3.63) is 11.8 Å². The van der Waals surface area contributed by atoms with Gasteiger partial charge in [-0.1, -0.05) is 0 Å². The second-order valence-corrected chi connectivity index (χ2v) is 5.22. The first-order valence-electron chi connectivity index (χ1n) is 6.11. The third-order valence-electron chi connectivity index (χ3n) is 3.82. The summed E-state index contributed by atoms with van der Waals surface area (Å²) in [6.07, 6.45) is 0.558. The number of nitrogens with zero attached hydrogens (tertiary/aromatic N) is 1. The van der Waals surface area contributed by atoms with E-state index in [2.05, 4.69) is 0 Å². The second-order valence-electron chi connectivity index (χ2n) is 5.22. The van der Waals surface area contributed by atoms with Crippen molar-refractivity contribution in [1.29, 1.82) is 0 Å². The molecule has 0 unspecified atom stereocenters. The Balaban J connectivity index is 1.80. The molecule has 0 aromatic carbocycles. The minimum absolute atomic E-state index is 0.0620. The van der Waals surface area contributed by atoms with Gasteiger partial charge in [0.2, 0.25) is 0 Å². The molecule has 3 rings (SSSR count). The number of carboxylic acid groups (broad SMARTS) is 1. The van der Waals surface area contributed by atoms with E-state index in [0.717, 1.165) is 0 Å². The third kappa shape index (κ3) is 1.94. The van der Waals surface area contributed by atoms with Crippen LogP contribution < -0.4 is 0 Å². The highest BCUT2D eigenvalue weighted by Gasteiger charge is 2.62. The Hall–Kier alpha value is -1.76. The molecule has 2 aliphatic heterocycles. The molecule has 1 saturated carbocycles. The number of hydrogen-bond acceptors (Lipinski definition) is 5. The zero-order chi connectivity index (χ0) is 13.7. The Morgan fingerprint density at radius 3 is 2.84 bits per heavy atom. The lowest BCUT2D eigenvalue weighted by atomic mass is 9.86. The van der Waals surface area contributed by atoms with Gasteiger partial charge in [-0.05, 0) is 6.42 Å². The summed E-state index contributed by atoms with van der Waals surface area (Å²) in [5, 5.41) is 9.14. The molecule has 0 radical (unpaired) electrons. The van der Waals surface area contributed by atoms with Gasteiger partial charge in [-0.25, -0.2) is 9.59 Å². The van der Waals surface area contributed by atoms with Crippen LogP contribution in [0.5, 0.6) is 0 Å². The van der Waals surface area contributed by atoms with E-state index in [1.807, 2.05) is 0 Å². The largest absolute Gasteiger partial charge is 0.478 e. The monoisotopic (exact) mass is 269 g/mol. The molecule has 1 N–H and O–H groups in total. The predicted octanol–water partition coefficient (Wildman–Crippen LogP) is 0.413. The van der Waals surface area contributed by atoms with Crippen LogP contribution in [0.3, 0.4) is 0 Å². The number of ether oxygens (including phenoxy) is 3. The van der Waals surface area contributed by atoms with Crippen molar-refractivity contribution < 1.29 is 28.9 Å². The molecule has 1 saturated heterocycles. The molecular weight excluding hydrogens is 254 g/mol. The van der Waals surface area contributed by atoms with Crippen LogP contribution in [0.2, 0.25) is 0 Å². The molecule has 7 nitrogen and oxygen atoms in total. The highest BCUT2D eigenvalue weighted by atomic mass is 16.7. The highest BCUT2D eigenvalue weighted by molar-refractivity contribution is 5.87. The zero-order valence-corrected chi connectivity index (χ0v) is 10.6. The topological polar surface area (TPSA) is 88.6 Å². The van der Waals surface area contributed by atoms with E-state index < -0.39 is 18.4 Å². The van der Waals surface area contributed by atoms with Crippen molar-refractivity contribution in [3.8, 4) is 0 Å².